The minimum absolute atomic E-state index is 0.0348. The summed E-state index contributed by atoms with van der Waals surface area (Å²) in [4.78, 5) is 27.2. The van der Waals surface area contributed by atoms with Crippen molar-refractivity contribution in [1.82, 2.24) is 5.32 Å². The molecule has 0 atom stereocenters. The van der Waals surface area contributed by atoms with Gasteiger partial charge < -0.3 is 9.73 Å². The summed E-state index contributed by atoms with van der Waals surface area (Å²) >= 11 is 6.51. The minimum Gasteiger partial charge on any atom is -0.456 e. The number of para-hydroxylation sites is 1. The van der Waals surface area contributed by atoms with Crippen LogP contribution in [-0.2, 0) is 11.0 Å². The summed E-state index contributed by atoms with van der Waals surface area (Å²) < 4.78 is 44.8. The van der Waals surface area contributed by atoms with Crippen molar-refractivity contribution >= 4 is 51.9 Å². The van der Waals surface area contributed by atoms with Gasteiger partial charge >= 0.3 is 6.18 Å². The third-order valence-electron chi connectivity index (χ3n) is 4.40. The Balaban J connectivity index is 1.58. The largest absolute Gasteiger partial charge is 0.456 e. The number of amides is 1. The number of benzene rings is 2. The third-order valence-corrected chi connectivity index (χ3v) is 5.64. The molecular weight excluding hydrogens is 483 g/mol. The molecule has 168 valence electrons. The van der Waals surface area contributed by atoms with Gasteiger partial charge in [-0.25, -0.2) is 4.99 Å². The van der Waals surface area contributed by atoms with Gasteiger partial charge in [0.1, 0.15) is 11.5 Å². The van der Waals surface area contributed by atoms with E-state index in [1.807, 2.05) is 0 Å². The molecule has 1 N–H and O–H groups in total. The number of alkyl halides is 3. The van der Waals surface area contributed by atoms with Crippen molar-refractivity contribution in [3.8, 4) is 11.3 Å². The van der Waals surface area contributed by atoms with Crippen LogP contribution in [0.25, 0.3) is 17.4 Å². The number of hydrogen-bond donors (Lipinski definition) is 1. The molecule has 1 aromatic heterocycles. The summed E-state index contributed by atoms with van der Waals surface area (Å²) in [6, 6.07) is 12.3. The van der Waals surface area contributed by atoms with E-state index in [9.17, 15) is 28.1 Å². The molecule has 33 heavy (non-hydrogen) atoms. The van der Waals surface area contributed by atoms with Gasteiger partial charge in [-0.3, -0.25) is 14.9 Å². The van der Waals surface area contributed by atoms with Crippen LogP contribution in [0, 0.1) is 10.1 Å². The lowest BCUT2D eigenvalue weighted by Crippen LogP contribution is -2.19. The van der Waals surface area contributed by atoms with Gasteiger partial charge in [0.15, 0.2) is 5.17 Å². The molecule has 0 saturated carbocycles. The maximum absolute atomic E-state index is 13.0. The maximum atomic E-state index is 13.0. The van der Waals surface area contributed by atoms with Crippen LogP contribution in [0.4, 0.5) is 24.5 Å². The number of rotatable bonds is 4. The first kappa shape index (κ1) is 22.6. The summed E-state index contributed by atoms with van der Waals surface area (Å²) in [5.41, 5.74) is -0.919. The third kappa shape index (κ3) is 4.94. The fraction of sp³-hybridized carbons (Fsp3) is 0.0476. The van der Waals surface area contributed by atoms with E-state index in [2.05, 4.69) is 10.3 Å². The van der Waals surface area contributed by atoms with E-state index >= 15 is 0 Å². The second kappa shape index (κ2) is 8.75. The number of nitrogens with zero attached hydrogens (tertiary/aromatic N) is 2. The van der Waals surface area contributed by atoms with Gasteiger partial charge in [-0.1, -0.05) is 23.7 Å². The van der Waals surface area contributed by atoms with Gasteiger partial charge in [0.25, 0.3) is 11.6 Å². The number of amidine groups is 1. The quantitative estimate of drug-likeness (QED) is 0.257. The van der Waals surface area contributed by atoms with Gasteiger partial charge in [0.05, 0.1) is 31.7 Å². The van der Waals surface area contributed by atoms with Crippen molar-refractivity contribution in [2.75, 3.05) is 0 Å². The van der Waals surface area contributed by atoms with E-state index < -0.39 is 27.6 Å². The van der Waals surface area contributed by atoms with E-state index in [1.165, 1.54) is 42.5 Å². The second-order valence-electron chi connectivity index (χ2n) is 6.62. The topological polar surface area (TPSA) is 97.7 Å². The van der Waals surface area contributed by atoms with Crippen molar-refractivity contribution in [2.24, 2.45) is 4.99 Å². The van der Waals surface area contributed by atoms with E-state index in [-0.39, 0.29) is 38.5 Å². The van der Waals surface area contributed by atoms with E-state index in [0.717, 1.165) is 23.9 Å². The molecule has 2 heterocycles. The first-order chi connectivity index (χ1) is 15.6. The Kier molecular flexibility index (Phi) is 6.00. The first-order valence-electron chi connectivity index (χ1n) is 9.12. The molecule has 1 saturated heterocycles. The van der Waals surface area contributed by atoms with Crippen molar-refractivity contribution in [3.05, 3.63) is 86.0 Å². The molecule has 3 aromatic rings. The zero-order valence-corrected chi connectivity index (χ0v) is 17.8. The number of nitro groups is 1. The van der Waals surface area contributed by atoms with Crippen molar-refractivity contribution in [1.29, 1.82) is 0 Å². The molecule has 1 aliphatic heterocycles. The van der Waals surface area contributed by atoms with Gasteiger partial charge in [0, 0.05) is 12.1 Å². The SMILES string of the molecule is O=C1NC(=Nc2ccc(Cl)c(C(F)(F)F)c2)SC1=Cc1ccc(-c2ccccc2[N+](=O)[O-])o1. The summed E-state index contributed by atoms with van der Waals surface area (Å²) in [5.74, 6) is -0.0207. The lowest BCUT2D eigenvalue weighted by Gasteiger charge is -2.09. The highest BCUT2D eigenvalue weighted by Gasteiger charge is 2.33. The Bertz CT molecular complexity index is 1330. The first-order valence-corrected chi connectivity index (χ1v) is 10.3. The number of thioether (sulfide) groups is 1. The predicted octanol–water partition coefficient (Wildman–Crippen LogP) is 6.42. The van der Waals surface area contributed by atoms with Gasteiger partial charge in [-0.05, 0) is 48.2 Å². The summed E-state index contributed by atoms with van der Waals surface area (Å²) in [6.07, 6.45) is -3.24. The highest BCUT2D eigenvalue weighted by atomic mass is 35.5. The van der Waals surface area contributed by atoms with E-state index in [4.69, 9.17) is 16.0 Å². The van der Waals surface area contributed by atoms with E-state index in [1.54, 1.807) is 6.07 Å². The predicted molar refractivity (Wildman–Crippen MR) is 118 cm³/mol. The molecule has 0 aliphatic carbocycles. The monoisotopic (exact) mass is 493 g/mol. The molecule has 12 heteroatoms. The van der Waals surface area contributed by atoms with Crippen LogP contribution in [-0.4, -0.2) is 16.0 Å². The van der Waals surface area contributed by atoms with Crippen LogP contribution < -0.4 is 5.32 Å². The van der Waals surface area contributed by atoms with E-state index in [0.29, 0.717) is 0 Å². The van der Waals surface area contributed by atoms with Crippen LogP contribution in [0.3, 0.4) is 0 Å². The molecule has 0 unspecified atom stereocenters. The Morgan fingerprint density at radius 3 is 2.64 bits per heavy atom. The molecule has 0 spiro atoms. The molecule has 2 aromatic carbocycles. The number of nitrogens with one attached hydrogen (secondary N) is 1. The number of halogens is 4. The highest BCUT2D eigenvalue weighted by molar-refractivity contribution is 8.18. The molecule has 1 aliphatic rings. The lowest BCUT2D eigenvalue weighted by molar-refractivity contribution is -0.384. The van der Waals surface area contributed by atoms with Crippen LogP contribution in [0.15, 0.2) is 68.9 Å². The molecular formula is C21H11ClF3N3O4S. The number of carbonyl (C=O) groups excluding carboxylic acids is 1. The number of nitro benzene ring substituents is 1. The molecule has 0 bridgehead atoms. The number of furan rings is 1. The smallest absolute Gasteiger partial charge is 0.417 e. The van der Waals surface area contributed by atoms with Crippen molar-refractivity contribution in [3.63, 3.8) is 0 Å². The summed E-state index contributed by atoms with van der Waals surface area (Å²) in [5, 5.41) is 13.3. The molecule has 7 nitrogen and oxygen atoms in total. The summed E-state index contributed by atoms with van der Waals surface area (Å²) in [6.45, 7) is 0. The zero-order valence-electron chi connectivity index (χ0n) is 16.2. The van der Waals surface area contributed by atoms with Gasteiger partial charge in [0.2, 0.25) is 0 Å². The number of carbonyl (C=O) groups is 1. The highest BCUT2D eigenvalue weighted by Crippen LogP contribution is 2.38. The molecule has 1 fully saturated rings. The van der Waals surface area contributed by atoms with Crippen LogP contribution in [0.5, 0.6) is 0 Å². The van der Waals surface area contributed by atoms with Crippen molar-refractivity contribution < 1.29 is 27.3 Å². The molecule has 0 radical (unpaired) electrons. The van der Waals surface area contributed by atoms with Crippen LogP contribution in [0.2, 0.25) is 5.02 Å². The average Bonchev–Trinajstić information content (AvgIpc) is 3.35. The number of hydrogen-bond acceptors (Lipinski definition) is 6. The van der Waals surface area contributed by atoms with Crippen LogP contribution in [0.1, 0.15) is 11.3 Å². The summed E-state index contributed by atoms with van der Waals surface area (Å²) in [7, 11) is 0. The average molecular weight is 494 g/mol. The minimum atomic E-state index is -4.64. The number of aliphatic imine (C=N–C) groups is 1. The Hall–Kier alpha value is -3.57. The maximum Gasteiger partial charge on any atom is 0.417 e. The normalized spacial score (nSPS) is 16.4. The van der Waals surface area contributed by atoms with Gasteiger partial charge in [-0.15, -0.1) is 0 Å². The van der Waals surface area contributed by atoms with Gasteiger partial charge in [-0.2, -0.15) is 13.2 Å². The Morgan fingerprint density at radius 2 is 1.91 bits per heavy atom. The molecule has 1 amide bonds. The molecule has 4 rings (SSSR count). The van der Waals surface area contributed by atoms with Crippen molar-refractivity contribution in [2.45, 2.75) is 6.18 Å². The van der Waals surface area contributed by atoms with Crippen LogP contribution >= 0.6 is 23.4 Å². The fourth-order valence-electron chi connectivity index (χ4n) is 2.94. The zero-order chi connectivity index (χ0) is 23.8. The Labute approximate surface area is 193 Å². The standard InChI is InChI=1S/C21H11ClF3N3O4S/c22-15-7-5-11(9-14(15)21(23,24)25)26-20-27-19(29)18(33-20)10-12-6-8-17(32-12)13-3-1-2-4-16(13)28(30)31/h1-10H,(H,26,27,29). The fourth-order valence-corrected chi connectivity index (χ4v) is 3.99. The Morgan fingerprint density at radius 1 is 1.15 bits per heavy atom. The lowest BCUT2D eigenvalue weighted by atomic mass is 10.1. The second-order valence-corrected chi connectivity index (χ2v) is 8.06.